The highest BCUT2D eigenvalue weighted by Gasteiger charge is 2.37. The smallest absolute Gasteiger partial charge is 0.0495 e. The Morgan fingerprint density at radius 3 is 2.94 bits per heavy atom. The van der Waals surface area contributed by atoms with Gasteiger partial charge in [-0.05, 0) is 38.1 Å². The summed E-state index contributed by atoms with van der Waals surface area (Å²) in [7, 11) is 0. The molecule has 0 amide bonds. The molecule has 0 radical (unpaired) electrons. The molecule has 3 aliphatic rings. The molecule has 1 atom stereocenters. The van der Waals surface area contributed by atoms with Gasteiger partial charge in [-0.1, -0.05) is 12.8 Å². The molecule has 3 rings (SSSR count). The molecule has 3 heteroatoms. The van der Waals surface area contributed by atoms with Crippen LogP contribution in [0.5, 0.6) is 0 Å². The first-order chi connectivity index (χ1) is 8.36. The van der Waals surface area contributed by atoms with Crippen LogP contribution in [-0.4, -0.2) is 49.8 Å². The van der Waals surface area contributed by atoms with Crippen molar-refractivity contribution in [3.63, 3.8) is 0 Å². The molecule has 2 saturated heterocycles. The summed E-state index contributed by atoms with van der Waals surface area (Å²) in [5.74, 6) is 0.837. The summed E-state index contributed by atoms with van der Waals surface area (Å²) in [5, 5.41) is 3.79. The van der Waals surface area contributed by atoms with Gasteiger partial charge < -0.3 is 15.0 Å². The molecule has 2 heterocycles. The van der Waals surface area contributed by atoms with Crippen LogP contribution in [0.25, 0.3) is 0 Å². The number of piperazine rings is 1. The second-order valence-electron chi connectivity index (χ2n) is 6.21. The van der Waals surface area contributed by atoms with Crippen LogP contribution in [0.1, 0.15) is 38.5 Å². The summed E-state index contributed by atoms with van der Waals surface area (Å²) in [4.78, 5) is 2.69. The van der Waals surface area contributed by atoms with Crippen LogP contribution in [0.4, 0.5) is 0 Å². The highest BCUT2D eigenvalue weighted by Crippen LogP contribution is 2.32. The summed E-state index contributed by atoms with van der Waals surface area (Å²) >= 11 is 0. The van der Waals surface area contributed by atoms with Crippen molar-refractivity contribution < 1.29 is 4.74 Å². The highest BCUT2D eigenvalue weighted by molar-refractivity contribution is 4.98. The van der Waals surface area contributed by atoms with E-state index in [1.807, 2.05) is 0 Å². The van der Waals surface area contributed by atoms with Crippen molar-refractivity contribution >= 4 is 0 Å². The van der Waals surface area contributed by atoms with Gasteiger partial charge in [0.1, 0.15) is 0 Å². The number of rotatable bonds is 3. The molecule has 0 aromatic heterocycles. The molecule has 1 saturated carbocycles. The average molecular weight is 238 g/mol. The summed E-state index contributed by atoms with van der Waals surface area (Å²) < 4.78 is 5.46. The normalized spacial score (nSPS) is 33.5. The van der Waals surface area contributed by atoms with Crippen molar-refractivity contribution in [1.82, 2.24) is 10.2 Å². The second kappa shape index (κ2) is 5.25. The van der Waals surface area contributed by atoms with Crippen molar-refractivity contribution in [2.24, 2.45) is 5.92 Å². The third-order valence-corrected chi connectivity index (χ3v) is 4.89. The lowest BCUT2D eigenvalue weighted by Gasteiger charge is -2.41. The molecular formula is C14H26N2O. The molecule has 0 aromatic carbocycles. The molecule has 1 aliphatic carbocycles. The van der Waals surface area contributed by atoms with E-state index in [0.717, 1.165) is 19.1 Å². The fourth-order valence-corrected chi connectivity index (χ4v) is 3.80. The second-order valence-corrected chi connectivity index (χ2v) is 6.21. The van der Waals surface area contributed by atoms with E-state index in [2.05, 4.69) is 10.2 Å². The Balaban J connectivity index is 1.46. The van der Waals surface area contributed by atoms with Gasteiger partial charge in [-0.2, -0.15) is 0 Å². The standard InChI is InChI=1S/C14H26N2O/c1-2-6-14(5-1)12-16(9-7-15-14)8-3-13-4-10-17-11-13/h13,15H,1-12H2. The van der Waals surface area contributed by atoms with E-state index < -0.39 is 0 Å². The van der Waals surface area contributed by atoms with E-state index in [4.69, 9.17) is 4.74 Å². The van der Waals surface area contributed by atoms with Gasteiger partial charge in [-0.15, -0.1) is 0 Å². The predicted molar refractivity (Wildman–Crippen MR) is 69.2 cm³/mol. The zero-order chi connectivity index (χ0) is 11.6. The van der Waals surface area contributed by atoms with Gasteiger partial charge >= 0.3 is 0 Å². The number of hydrogen-bond donors (Lipinski definition) is 1. The maximum Gasteiger partial charge on any atom is 0.0495 e. The Bertz CT molecular complexity index is 245. The monoisotopic (exact) mass is 238 g/mol. The number of nitrogens with one attached hydrogen (secondary N) is 1. The lowest BCUT2D eigenvalue weighted by atomic mass is 9.94. The van der Waals surface area contributed by atoms with Gasteiger partial charge in [-0.25, -0.2) is 0 Å². The third-order valence-electron chi connectivity index (χ3n) is 4.89. The van der Waals surface area contributed by atoms with Crippen LogP contribution in [-0.2, 0) is 4.74 Å². The van der Waals surface area contributed by atoms with E-state index in [1.165, 1.54) is 64.7 Å². The highest BCUT2D eigenvalue weighted by atomic mass is 16.5. The first kappa shape index (κ1) is 11.9. The maximum absolute atomic E-state index is 5.46. The minimum absolute atomic E-state index is 0.491. The topological polar surface area (TPSA) is 24.5 Å². The van der Waals surface area contributed by atoms with Crippen molar-refractivity contribution in [2.45, 2.75) is 44.1 Å². The zero-order valence-corrected chi connectivity index (χ0v) is 10.9. The zero-order valence-electron chi connectivity index (χ0n) is 10.9. The van der Waals surface area contributed by atoms with Gasteiger partial charge in [0.25, 0.3) is 0 Å². The average Bonchev–Trinajstić information content (AvgIpc) is 2.99. The van der Waals surface area contributed by atoms with E-state index >= 15 is 0 Å². The van der Waals surface area contributed by atoms with Crippen LogP contribution in [0.15, 0.2) is 0 Å². The van der Waals surface area contributed by atoms with Crippen molar-refractivity contribution in [1.29, 1.82) is 0 Å². The van der Waals surface area contributed by atoms with E-state index in [-0.39, 0.29) is 0 Å². The van der Waals surface area contributed by atoms with Gasteiger partial charge in [0.05, 0.1) is 0 Å². The van der Waals surface area contributed by atoms with Crippen molar-refractivity contribution in [2.75, 3.05) is 39.4 Å². The quantitative estimate of drug-likeness (QED) is 0.809. The van der Waals surface area contributed by atoms with Gasteiger partial charge in [-0.3, -0.25) is 0 Å². The summed E-state index contributed by atoms with van der Waals surface area (Å²) in [6, 6.07) is 0. The Hall–Kier alpha value is -0.120. The third kappa shape index (κ3) is 2.83. The minimum atomic E-state index is 0.491. The summed E-state index contributed by atoms with van der Waals surface area (Å²) in [5.41, 5.74) is 0.491. The number of ether oxygens (including phenoxy) is 1. The Morgan fingerprint density at radius 1 is 1.29 bits per heavy atom. The summed E-state index contributed by atoms with van der Waals surface area (Å²) in [6.45, 7) is 7.03. The first-order valence-electron chi connectivity index (χ1n) is 7.41. The van der Waals surface area contributed by atoms with Crippen molar-refractivity contribution in [3.8, 4) is 0 Å². The van der Waals surface area contributed by atoms with Crippen LogP contribution >= 0.6 is 0 Å². The lowest BCUT2D eigenvalue weighted by Crippen LogP contribution is -2.59. The molecule has 0 aromatic rings. The van der Waals surface area contributed by atoms with Gasteiger partial charge in [0.15, 0.2) is 0 Å². The molecular weight excluding hydrogens is 212 g/mol. The Kier molecular flexibility index (Phi) is 3.69. The predicted octanol–water partition coefficient (Wildman–Crippen LogP) is 1.63. The SMILES string of the molecule is C1CCC2(C1)CN(CCC1CCOC1)CCN2. The fraction of sp³-hybridized carbons (Fsp3) is 1.00. The number of hydrogen-bond acceptors (Lipinski definition) is 3. The first-order valence-corrected chi connectivity index (χ1v) is 7.41. The number of nitrogens with zero attached hydrogens (tertiary/aromatic N) is 1. The Labute approximate surface area is 105 Å². The van der Waals surface area contributed by atoms with Gasteiger partial charge in [0.2, 0.25) is 0 Å². The molecule has 17 heavy (non-hydrogen) atoms. The van der Waals surface area contributed by atoms with Crippen LogP contribution in [0.2, 0.25) is 0 Å². The molecule has 3 nitrogen and oxygen atoms in total. The van der Waals surface area contributed by atoms with E-state index in [9.17, 15) is 0 Å². The van der Waals surface area contributed by atoms with E-state index in [1.54, 1.807) is 0 Å². The van der Waals surface area contributed by atoms with Gasteiger partial charge in [0, 0.05) is 38.4 Å². The van der Waals surface area contributed by atoms with Crippen LogP contribution in [0, 0.1) is 5.92 Å². The fourth-order valence-electron chi connectivity index (χ4n) is 3.80. The summed E-state index contributed by atoms with van der Waals surface area (Å²) in [6.07, 6.45) is 8.29. The lowest BCUT2D eigenvalue weighted by molar-refractivity contribution is 0.124. The molecule has 1 unspecified atom stereocenters. The van der Waals surface area contributed by atoms with Crippen LogP contribution in [0.3, 0.4) is 0 Å². The largest absolute Gasteiger partial charge is 0.381 e. The van der Waals surface area contributed by atoms with Crippen molar-refractivity contribution in [3.05, 3.63) is 0 Å². The molecule has 2 aliphatic heterocycles. The molecule has 1 N–H and O–H groups in total. The van der Waals surface area contributed by atoms with Crippen LogP contribution < -0.4 is 5.32 Å². The molecule has 3 fully saturated rings. The molecule has 98 valence electrons. The molecule has 1 spiro atoms. The van der Waals surface area contributed by atoms with E-state index in [0.29, 0.717) is 5.54 Å². The Morgan fingerprint density at radius 2 is 2.18 bits per heavy atom. The minimum Gasteiger partial charge on any atom is -0.381 e. The molecule has 0 bridgehead atoms. The maximum atomic E-state index is 5.46.